The molecule has 15 heavy (non-hydrogen) atoms. The molecule has 2 rings (SSSR count). The monoisotopic (exact) mass is 206 g/mol. The second kappa shape index (κ2) is 4.57. The number of hydrogen-bond donors (Lipinski definition) is 1. The molecule has 0 amide bonds. The Morgan fingerprint density at radius 2 is 1.93 bits per heavy atom. The van der Waals surface area contributed by atoms with Gasteiger partial charge >= 0.3 is 0 Å². The van der Waals surface area contributed by atoms with Crippen molar-refractivity contribution in [2.45, 2.75) is 25.8 Å². The third kappa shape index (κ3) is 2.65. The molecule has 0 unspecified atom stereocenters. The van der Waals surface area contributed by atoms with E-state index in [0.29, 0.717) is 6.04 Å². The lowest BCUT2D eigenvalue weighted by molar-refractivity contribution is 0.263. The summed E-state index contributed by atoms with van der Waals surface area (Å²) in [6.45, 7) is 4.32. The minimum atomic E-state index is 0.552. The average molecular weight is 206 g/mol. The number of nitrogens with zero attached hydrogens (tertiary/aromatic N) is 3. The highest BCUT2D eigenvalue weighted by Crippen LogP contribution is 2.15. The van der Waals surface area contributed by atoms with Crippen LogP contribution in [0.15, 0.2) is 12.4 Å². The molecule has 0 spiro atoms. The van der Waals surface area contributed by atoms with Crippen molar-refractivity contribution < 1.29 is 0 Å². The molecular formula is C11H18N4. The number of likely N-dealkylation sites (tertiary alicyclic amines) is 1. The van der Waals surface area contributed by atoms with Crippen LogP contribution in [0, 0.1) is 6.92 Å². The molecule has 4 nitrogen and oxygen atoms in total. The fraction of sp³-hybridized carbons (Fsp3) is 0.636. The number of rotatable bonds is 2. The van der Waals surface area contributed by atoms with Gasteiger partial charge in [-0.3, -0.25) is 4.98 Å². The molecule has 0 aliphatic carbocycles. The maximum absolute atomic E-state index is 4.30. The van der Waals surface area contributed by atoms with E-state index < -0.39 is 0 Å². The highest BCUT2D eigenvalue weighted by atomic mass is 15.1. The molecular weight excluding hydrogens is 188 g/mol. The third-order valence-electron chi connectivity index (χ3n) is 2.94. The first-order chi connectivity index (χ1) is 7.25. The van der Waals surface area contributed by atoms with Crippen LogP contribution in [-0.4, -0.2) is 41.0 Å². The minimum absolute atomic E-state index is 0.552. The zero-order valence-electron chi connectivity index (χ0n) is 9.40. The summed E-state index contributed by atoms with van der Waals surface area (Å²) in [5.74, 6) is 0.937. The van der Waals surface area contributed by atoms with E-state index in [1.807, 2.05) is 6.92 Å². The summed E-state index contributed by atoms with van der Waals surface area (Å²) in [4.78, 5) is 10.9. The number of aromatic nitrogens is 2. The van der Waals surface area contributed by atoms with Gasteiger partial charge in [-0.2, -0.15) is 0 Å². The lowest BCUT2D eigenvalue weighted by Crippen LogP contribution is -2.37. The van der Waals surface area contributed by atoms with Crippen LogP contribution < -0.4 is 5.32 Å². The molecule has 82 valence electrons. The number of anilines is 1. The summed E-state index contributed by atoms with van der Waals surface area (Å²) in [7, 11) is 2.17. The Kier molecular flexibility index (Phi) is 3.16. The van der Waals surface area contributed by atoms with Crippen LogP contribution in [0.25, 0.3) is 0 Å². The first-order valence-electron chi connectivity index (χ1n) is 5.48. The van der Waals surface area contributed by atoms with E-state index >= 15 is 0 Å². The normalized spacial score (nSPS) is 19.1. The lowest BCUT2D eigenvalue weighted by Gasteiger charge is -2.29. The fourth-order valence-corrected chi connectivity index (χ4v) is 1.90. The van der Waals surface area contributed by atoms with Crippen molar-refractivity contribution in [1.82, 2.24) is 14.9 Å². The maximum atomic E-state index is 4.30. The van der Waals surface area contributed by atoms with Crippen molar-refractivity contribution in [3.8, 4) is 0 Å². The molecule has 2 heterocycles. The molecule has 1 aromatic heterocycles. The molecule has 1 saturated heterocycles. The van der Waals surface area contributed by atoms with Crippen LogP contribution in [-0.2, 0) is 0 Å². The molecule has 0 saturated carbocycles. The Balaban J connectivity index is 1.95. The van der Waals surface area contributed by atoms with Crippen molar-refractivity contribution >= 4 is 5.82 Å². The predicted octanol–water partition coefficient (Wildman–Crippen LogP) is 1.29. The number of hydrogen-bond acceptors (Lipinski definition) is 4. The largest absolute Gasteiger partial charge is 0.366 e. The van der Waals surface area contributed by atoms with Crippen molar-refractivity contribution in [3.05, 3.63) is 18.1 Å². The highest BCUT2D eigenvalue weighted by Gasteiger charge is 2.17. The van der Waals surface area contributed by atoms with E-state index in [4.69, 9.17) is 0 Å². The van der Waals surface area contributed by atoms with Gasteiger partial charge in [0.1, 0.15) is 5.82 Å². The molecule has 1 aromatic rings. The topological polar surface area (TPSA) is 41.1 Å². The summed E-state index contributed by atoms with van der Waals surface area (Å²) in [5, 5.41) is 3.47. The van der Waals surface area contributed by atoms with Crippen molar-refractivity contribution in [2.75, 3.05) is 25.5 Å². The van der Waals surface area contributed by atoms with Crippen LogP contribution in [0.4, 0.5) is 5.82 Å². The standard InChI is InChI=1S/C11H18N4/c1-9-11(13-6-5-12-9)14-10-3-7-15(2)8-4-10/h5-6,10H,3-4,7-8H2,1-2H3,(H,13,14). The second-order valence-electron chi connectivity index (χ2n) is 4.21. The van der Waals surface area contributed by atoms with Gasteiger partial charge in [-0.15, -0.1) is 0 Å². The maximum Gasteiger partial charge on any atom is 0.147 e. The van der Waals surface area contributed by atoms with Crippen molar-refractivity contribution in [3.63, 3.8) is 0 Å². The molecule has 0 radical (unpaired) electrons. The van der Waals surface area contributed by atoms with Gasteiger partial charge in [-0.1, -0.05) is 0 Å². The zero-order valence-corrected chi connectivity index (χ0v) is 9.40. The second-order valence-corrected chi connectivity index (χ2v) is 4.21. The Bertz CT molecular complexity index is 318. The summed E-state index contributed by atoms with van der Waals surface area (Å²) in [6.07, 6.45) is 5.85. The Hall–Kier alpha value is -1.16. The lowest BCUT2D eigenvalue weighted by atomic mass is 10.1. The smallest absolute Gasteiger partial charge is 0.147 e. The predicted molar refractivity (Wildman–Crippen MR) is 60.9 cm³/mol. The van der Waals surface area contributed by atoms with Gasteiger partial charge in [-0.25, -0.2) is 4.98 Å². The van der Waals surface area contributed by atoms with E-state index in [2.05, 4.69) is 27.2 Å². The molecule has 1 aliphatic rings. The summed E-state index contributed by atoms with van der Waals surface area (Å²) in [5.41, 5.74) is 0.983. The first-order valence-corrected chi connectivity index (χ1v) is 5.48. The van der Waals surface area contributed by atoms with E-state index in [9.17, 15) is 0 Å². The van der Waals surface area contributed by atoms with Gasteiger partial charge in [0, 0.05) is 18.4 Å². The van der Waals surface area contributed by atoms with E-state index in [1.165, 1.54) is 12.8 Å². The molecule has 0 atom stereocenters. The molecule has 0 aromatic carbocycles. The third-order valence-corrected chi connectivity index (χ3v) is 2.94. The van der Waals surface area contributed by atoms with Gasteiger partial charge < -0.3 is 10.2 Å². The van der Waals surface area contributed by atoms with Gasteiger partial charge in [0.25, 0.3) is 0 Å². The summed E-state index contributed by atoms with van der Waals surface area (Å²) in [6, 6.07) is 0.552. The molecule has 0 bridgehead atoms. The van der Waals surface area contributed by atoms with Crippen LogP contribution in [0.5, 0.6) is 0 Å². The minimum Gasteiger partial charge on any atom is -0.366 e. The molecule has 1 aliphatic heterocycles. The quantitative estimate of drug-likeness (QED) is 0.791. The van der Waals surface area contributed by atoms with Crippen LogP contribution in [0.3, 0.4) is 0 Å². The van der Waals surface area contributed by atoms with Gasteiger partial charge in [0.15, 0.2) is 0 Å². The SMILES string of the molecule is Cc1nccnc1NC1CCN(C)CC1. The molecule has 1 fully saturated rings. The Labute approximate surface area is 90.7 Å². The Morgan fingerprint density at radius 3 is 2.60 bits per heavy atom. The van der Waals surface area contributed by atoms with Crippen LogP contribution in [0.1, 0.15) is 18.5 Å². The van der Waals surface area contributed by atoms with Crippen molar-refractivity contribution in [2.24, 2.45) is 0 Å². The zero-order chi connectivity index (χ0) is 10.7. The Morgan fingerprint density at radius 1 is 1.27 bits per heavy atom. The van der Waals surface area contributed by atoms with Crippen LogP contribution in [0.2, 0.25) is 0 Å². The number of nitrogens with one attached hydrogen (secondary N) is 1. The van der Waals surface area contributed by atoms with Gasteiger partial charge in [0.05, 0.1) is 5.69 Å². The van der Waals surface area contributed by atoms with Crippen molar-refractivity contribution in [1.29, 1.82) is 0 Å². The van der Waals surface area contributed by atoms with E-state index in [-0.39, 0.29) is 0 Å². The van der Waals surface area contributed by atoms with Gasteiger partial charge in [0.2, 0.25) is 0 Å². The van der Waals surface area contributed by atoms with Gasteiger partial charge in [-0.05, 0) is 39.9 Å². The molecule has 4 heteroatoms. The number of aryl methyl sites for hydroxylation is 1. The molecule has 1 N–H and O–H groups in total. The average Bonchev–Trinajstić information content (AvgIpc) is 2.25. The van der Waals surface area contributed by atoms with E-state index in [0.717, 1.165) is 24.6 Å². The van der Waals surface area contributed by atoms with Crippen LogP contribution >= 0.6 is 0 Å². The highest BCUT2D eigenvalue weighted by molar-refractivity contribution is 5.39. The summed E-state index contributed by atoms with van der Waals surface area (Å²) < 4.78 is 0. The fourth-order valence-electron chi connectivity index (χ4n) is 1.90. The summed E-state index contributed by atoms with van der Waals surface area (Å²) >= 11 is 0. The van der Waals surface area contributed by atoms with E-state index in [1.54, 1.807) is 12.4 Å². The first kappa shape index (κ1) is 10.4. The number of piperidine rings is 1.